The second kappa shape index (κ2) is 8.40. The van der Waals surface area contributed by atoms with Crippen molar-refractivity contribution in [3.05, 3.63) is 35.4 Å². The van der Waals surface area contributed by atoms with Crippen LogP contribution in [0.4, 0.5) is 0 Å². The van der Waals surface area contributed by atoms with Crippen LogP contribution in [0.2, 0.25) is 0 Å². The molecule has 0 aliphatic carbocycles. The Morgan fingerprint density at radius 1 is 1.20 bits per heavy atom. The van der Waals surface area contributed by atoms with E-state index in [4.69, 9.17) is 4.74 Å². The minimum atomic E-state index is 0.157. The molecule has 1 rings (SSSR count). The monoisotopic (exact) mass is 278 g/mol. The molecule has 0 aromatic heterocycles. The summed E-state index contributed by atoms with van der Waals surface area (Å²) in [5.74, 6) is 0. The third-order valence-corrected chi connectivity index (χ3v) is 3.28. The first-order valence-corrected chi connectivity index (χ1v) is 7.48. The quantitative estimate of drug-likeness (QED) is 0.791. The largest absolute Gasteiger partial charge is 0.383 e. The van der Waals surface area contributed by atoms with Gasteiger partial charge in [0.05, 0.1) is 6.61 Å². The highest BCUT2D eigenvalue weighted by molar-refractivity contribution is 5.23. The normalized spacial score (nSPS) is 12.1. The molecule has 3 nitrogen and oxygen atoms in total. The Hall–Kier alpha value is -0.900. The summed E-state index contributed by atoms with van der Waals surface area (Å²) in [6.07, 6.45) is 0. The SMILES string of the molecule is CCN(CCOC)Cc1cccc(CNC(C)(C)C)c1. The zero-order chi connectivity index (χ0) is 15.0. The average Bonchev–Trinajstić information content (AvgIpc) is 2.41. The molecule has 0 aliphatic heterocycles. The van der Waals surface area contributed by atoms with Crippen LogP contribution in [0.5, 0.6) is 0 Å². The van der Waals surface area contributed by atoms with E-state index in [-0.39, 0.29) is 5.54 Å². The molecule has 1 aromatic carbocycles. The Morgan fingerprint density at radius 3 is 2.50 bits per heavy atom. The van der Waals surface area contributed by atoms with Crippen LogP contribution in [0.1, 0.15) is 38.8 Å². The molecule has 1 N–H and O–H groups in total. The molecule has 0 fully saturated rings. The van der Waals surface area contributed by atoms with Gasteiger partial charge in [0.15, 0.2) is 0 Å². The fourth-order valence-corrected chi connectivity index (χ4v) is 2.03. The van der Waals surface area contributed by atoms with Gasteiger partial charge >= 0.3 is 0 Å². The molecule has 0 heterocycles. The number of rotatable bonds is 8. The summed E-state index contributed by atoms with van der Waals surface area (Å²) in [6, 6.07) is 8.84. The number of benzene rings is 1. The van der Waals surface area contributed by atoms with Crippen molar-refractivity contribution in [3.63, 3.8) is 0 Å². The molecule has 0 saturated heterocycles. The third-order valence-electron chi connectivity index (χ3n) is 3.28. The summed E-state index contributed by atoms with van der Waals surface area (Å²) >= 11 is 0. The number of nitrogens with zero attached hydrogens (tertiary/aromatic N) is 1. The molecule has 0 unspecified atom stereocenters. The van der Waals surface area contributed by atoms with Crippen molar-refractivity contribution in [2.75, 3.05) is 26.8 Å². The van der Waals surface area contributed by atoms with Gasteiger partial charge in [0.2, 0.25) is 0 Å². The second-order valence-electron chi connectivity index (χ2n) is 6.29. The molecule has 0 spiro atoms. The molecule has 0 saturated carbocycles. The summed E-state index contributed by atoms with van der Waals surface area (Å²) in [5.41, 5.74) is 2.88. The number of nitrogens with one attached hydrogen (secondary N) is 1. The predicted molar refractivity (Wildman–Crippen MR) is 85.9 cm³/mol. The Morgan fingerprint density at radius 2 is 1.90 bits per heavy atom. The molecule has 0 atom stereocenters. The highest BCUT2D eigenvalue weighted by Crippen LogP contribution is 2.10. The van der Waals surface area contributed by atoms with E-state index in [0.717, 1.165) is 32.8 Å². The molecule has 0 radical (unpaired) electrons. The van der Waals surface area contributed by atoms with Gasteiger partial charge in [0, 0.05) is 32.3 Å². The maximum atomic E-state index is 5.16. The molecule has 0 aliphatic rings. The van der Waals surface area contributed by atoms with Gasteiger partial charge in [0.25, 0.3) is 0 Å². The van der Waals surface area contributed by atoms with Crippen LogP contribution in [0.25, 0.3) is 0 Å². The number of methoxy groups -OCH3 is 1. The van der Waals surface area contributed by atoms with Crippen molar-refractivity contribution in [1.29, 1.82) is 0 Å². The van der Waals surface area contributed by atoms with Gasteiger partial charge in [-0.2, -0.15) is 0 Å². The zero-order valence-electron chi connectivity index (χ0n) is 13.7. The molecule has 3 heteroatoms. The van der Waals surface area contributed by atoms with E-state index < -0.39 is 0 Å². The van der Waals surface area contributed by atoms with E-state index in [0.29, 0.717) is 0 Å². The molecular weight excluding hydrogens is 248 g/mol. The lowest BCUT2D eigenvalue weighted by Gasteiger charge is -2.22. The smallest absolute Gasteiger partial charge is 0.0589 e. The maximum Gasteiger partial charge on any atom is 0.0589 e. The Kier molecular flexibility index (Phi) is 7.20. The van der Waals surface area contributed by atoms with E-state index in [1.807, 2.05) is 0 Å². The number of ether oxygens (including phenoxy) is 1. The number of likely N-dealkylation sites (N-methyl/N-ethyl adjacent to an activating group) is 1. The van der Waals surface area contributed by atoms with E-state index in [1.165, 1.54) is 11.1 Å². The van der Waals surface area contributed by atoms with E-state index in [9.17, 15) is 0 Å². The van der Waals surface area contributed by atoms with Crippen molar-refractivity contribution in [2.45, 2.75) is 46.3 Å². The summed E-state index contributed by atoms with van der Waals surface area (Å²) in [6.45, 7) is 13.5. The van der Waals surface area contributed by atoms with Gasteiger partial charge in [-0.05, 0) is 38.4 Å². The standard InChI is InChI=1S/C17H30N2O/c1-6-19(10-11-20-5)14-16-9-7-8-15(12-16)13-18-17(2,3)4/h7-9,12,18H,6,10-11,13-14H2,1-5H3. The Labute approximate surface area is 124 Å². The number of hydrogen-bond acceptors (Lipinski definition) is 3. The van der Waals surface area contributed by atoms with Crippen LogP contribution >= 0.6 is 0 Å². The van der Waals surface area contributed by atoms with E-state index in [2.05, 4.69) is 62.2 Å². The fraction of sp³-hybridized carbons (Fsp3) is 0.647. The molecule has 1 aromatic rings. The zero-order valence-corrected chi connectivity index (χ0v) is 13.7. The molecule has 114 valence electrons. The minimum Gasteiger partial charge on any atom is -0.383 e. The Bertz CT molecular complexity index is 385. The second-order valence-corrected chi connectivity index (χ2v) is 6.29. The van der Waals surface area contributed by atoms with Crippen LogP contribution < -0.4 is 5.32 Å². The van der Waals surface area contributed by atoms with Crippen molar-refractivity contribution in [1.82, 2.24) is 10.2 Å². The van der Waals surface area contributed by atoms with E-state index >= 15 is 0 Å². The summed E-state index contributed by atoms with van der Waals surface area (Å²) in [7, 11) is 1.76. The van der Waals surface area contributed by atoms with Gasteiger partial charge in [-0.3, -0.25) is 4.90 Å². The fourth-order valence-electron chi connectivity index (χ4n) is 2.03. The molecular formula is C17H30N2O. The first-order chi connectivity index (χ1) is 9.44. The van der Waals surface area contributed by atoms with Crippen LogP contribution in [0.15, 0.2) is 24.3 Å². The van der Waals surface area contributed by atoms with Crippen molar-refractivity contribution in [3.8, 4) is 0 Å². The molecule has 0 amide bonds. The first kappa shape index (κ1) is 17.2. The third kappa shape index (κ3) is 7.04. The predicted octanol–water partition coefficient (Wildman–Crippen LogP) is 3.04. The topological polar surface area (TPSA) is 24.5 Å². The number of hydrogen-bond donors (Lipinski definition) is 1. The minimum absolute atomic E-state index is 0.157. The molecule has 20 heavy (non-hydrogen) atoms. The van der Waals surface area contributed by atoms with Gasteiger partial charge in [-0.1, -0.05) is 31.2 Å². The first-order valence-electron chi connectivity index (χ1n) is 7.48. The van der Waals surface area contributed by atoms with E-state index in [1.54, 1.807) is 7.11 Å². The van der Waals surface area contributed by atoms with Crippen molar-refractivity contribution in [2.24, 2.45) is 0 Å². The highest BCUT2D eigenvalue weighted by Gasteiger charge is 2.09. The summed E-state index contributed by atoms with van der Waals surface area (Å²) in [5, 5.41) is 3.53. The van der Waals surface area contributed by atoms with Gasteiger partial charge in [0.1, 0.15) is 0 Å². The van der Waals surface area contributed by atoms with Crippen molar-refractivity contribution >= 4 is 0 Å². The van der Waals surface area contributed by atoms with Gasteiger partial charge < -0.3 is 10.1 Å². The van der Waals surface area contributed by atoms with Crippen molar-refractivity contribution < 1.29 is 4.74 Å². The highest BCUT2D eigenvalue weighted by atomic mass is 16.5. The lowest BCUT2D eigenvalue weighted by molar-refractivity contribution is 0.147. The van der Waals surface area contributed by atoms with Crippen LogP contribution in [-0.4, -0.2) is 37.2 Å². The van der Waals surface area contributed by atoms with Crippen LogP contribution in [0.3, 0.4) is 0 Å². The van der Waals surface area contributed by atoms with Crippen LogP contribution in [-0.2, 0) is 17.8 Å². The Balaban J connectivity index is 2.58. The van der Waals surface area contributed by atoms with Gasteiger partial charge in [-0.25, -0.2) is 0 Å². The van der Waals surface area contributed by atoms with Gasteiger partial charge in [-0.15, -0.1) is 0 Å². The lowest BCUT2D eigenvalue weighted by atomic mass is 10.1. The van der Waals surface area contributed by atoms with Crippen LogP contribution in [0, 0.1) is 0 Å². The summed E-state index contributed by atoms with van der Waals surface area (Å²) < 4.78 is 5.16. The lowest BCUT2D eigenvalue weighted by Crippen LogP contribution is -2.35. The molecule has 0 bridgehead atoms. The maximum absolute atomic E-state index is 5.16. The average molecular weight is 278 g/mol. The summed E-state index contributed by atoms with van der Waals surface area (Å²) in [4.78, 5) is 2.40.